The Kier molecular flexibility index (Phi) is 13.5. The van der Waals surface area contributed by atoms with Crippen LogP contribution in [-0.2, 0) is 0 Å². The van der Waals surface area contributed by atoms with E-state index in [-0.39, 0.29) is 0 Å². The van der Waals surface area contributed by atoms with Crippen LogP contribution in [0.25, 0.3) is 29.6 Å². The molecule has 2 unspecified atom stereocenters. The van der Waals surface area contributed by atoms with Crippen LogP contribution in [0, 0.1) is 11.8 Å². The molecule has 214 valence electrons. The Morgan fingerprint density at radius 2 is 1.38 bits per heavy atom. The Morgan fingerprint density at radius 3 is 1.90 bits per heavy atom. The molecule has 4 heteroatoms. The van der Waals surface area contributed by atoms with Crippen molar-refractivity contribution in [2.24, 2.45) is 11.8 Å². The van der Waals surface area contributed by atoms with Gasteiger partial charge in [-0.05, 0) is 60.6 Å². The molecule has 0 fully saturated rings. The lowest BCUT2D eigenvalue weighted by Gasteiger charge is -2.20. The van der Waals surface area contributed by atoms with Gasteiger partial charge in [-0.2, -0.15) is 0 Å². The van der Waals surface area contributed by atoms with Crippen LogP contribution in [0.15, 0.2) is 61.4 Å². The van der Waals surface area contributed by atoms with Gasteiger partial charge in [-0.3, -0.25) is 9.97 Å². The lowest BCUT2D eigenvalue weighted by molar-refractivity contribution is 0.227. The minimum atomic E-state index is 0.548. The SMILES string of the molecule is C=Cc1cc(OCC(CC)CCCC)c(/C=C/c2ccc(-c3ccccn3)nc2)cc1OCC(CC)CCCC. The summed E-state index contributed by atoms with van der Waals surface area (Å²) in [4.78, 5) is 9.03. The third-order valence-corrected chi connectivity index (χ3v) is 7.57. The molecule has 2 atom stereocenters. The predicted molar refractivity (Wildman–Crippen MR) is 171 cm³/mol. The Labute approximate surface area is 242 Å². The molecular weight excluding hydrogens is 492 g/mol. The van der Waals surface area contributed by atoms with E-state index in [1.165, 1.54) is 38.5 Å². The van der Waals surface area contributed by atoms with Crippen molar-refractivity contribution in [1.29, 1.82) is 0 Å². The van der Waals surface area contributed by atoms with E-state index in [1.54, 1.807) is 6.20 Å². The van der Waals surface area contributed by atoms with Crippen LogP contribution in [0.4, 0.5) is 0 Å². The molecule has 0 N–H and O–H groups in total. The van der Waals surface area contributed by atoms with Gasteiger partial charge in [-0.25, -0.2) is 0 Å². The van der Waals surface area contributed by atoms with Gasteiger partial charge in [0.2, 0.25) is 0 Å². The summed E-state index contributed by atoms with van der Waals surface area (Å²) in [6.07, 6.45) is 19.2. The molecule has 0 aliphatic rings. The molecular formula is C36H48N2O2. The van der Waals surface area contributed by atoms with Gasteiger partial charge >= 0.3 is 0 Å². The first-order valence-electron chi connectivity index (χ1n) is 15.2. The van der Waals surface area contributed by atoms with Crippen LogP contribution in [0.1, 0.15) is 95.8 Å². The third-order valence-electron chi connectivity index (χ3n) is 7.57. The summed E-state index contributed by atoms with van der Waals surface area (Å²) >= 11 is 0. The monoisotopic (exact) mass is 540 g/mol. The lowest BCUT2D eigenvalue weighted by Crippen LogP contribution is -2.13. The average Bonchev–Trinajstić information content (AvgIpc) is 3.01. The summed E-state index contributed by atoms with van der Waals surface area (Å²) in [7, 11) is 0. The van der Waals surface area contributed by atoms with Gasteiger partial charge in [-0.1, -0.05) is 103 Å². The third kappa shape index (κ3) is 9.66. The van der Waals surface area contributed by atoms with Crippen LogP contribution in [0.2, 0.25) is 0 Å². The number of hydrogen-bond donors (Lipinski definition) is 0. The Bertz CT molecular complexity index is 1170. The quantitative estimate of drug-likeness (QED) is 0.161. The van der Waals surface area contributed by atoms with Crippen molar-refractivity contribution in [1.82, 2.24) is 9.97 Å². The predicted octanol–water partition coefficient (Wildman–Crippen LogP) is 10.1. The minimum absolute atomic E-state index is 0.548. The highest BCUT2D eigenvalue weighted by Gasteiger charge is 2.14. The van der Waals surface area contributed by atoms with Gasteiger partial charge in [0.1, 0.15) is 11.5 Å². The van der Waals surface area contributed by atoms with Crippen molar-refractivity contribution in [3.05, 3.63) is 78.1 Å². The summed E-state index contributed by atoms with van der Waals surface area (Å²) in [6, 6.07) is 14.1. The van der Waals surface area contributed by atoms with Crippen molar-refractivity contribution in [3.63, 3.8) is 0 Å². The van der Waals surface area contributed by atoms with E-state index in [2.05, 4.69) is 74.6 Å². The second-order valence-electron chi connectivity index (χ2n) is 10.6. The highest BCUT2D eigenvalue weighted by molar-refractivity contribution is 5.76. The fourth-order valence-electron chi connectivity index (χ4n) is 4.70. The van der Waals surface area contributed by atoms with Gasteiger partial charge in [0.15, 0.2) is 0 Å². The van der Waals surface area contributed by atoms with E-state index in [0.717, 1.165) is 52.4 Å². The van der Waals surface area contributed by atoms with Gasteiger partial charge in [0.25, 0.3) is 0 Å². The van der Waals surface area contributed by atoms with Gasteiger partial charge in [0, 0.05) is 23.5 Å². The number of nitrogens with zero attached hydrogens (tertiary/aromatic N) is 2. The number of rotatable bonds is 18. The molecule has 2 heterocycles. The molecule has 3 aromatic rings. The molecule has 40 heavy (non-hydrogen) atoms. The van der Waals surface area contributed by atoms with Crippen molar-refractivity contribution < 1.29 is 9.47 Å². The first kappa shape index (κ1) is 31.1. The van der Waals surface area contributed by atoms with E-state index >= 15 is 0 Å². The molecule has 0 amide bonds. The van der Waals surface area contributed by atoms with Crippen LogP contribution in [0.3, 0.4) is 0 Å². The Balaban J connectivity index is 1.86. The lowest BCUT2D eigenvalue weighted by atomic mass is 10.00. The van der Waals surface area contributed by atoms with Crippen molar-refractivity contribution >= 4 is 18.2 Å². The summed E-state index contributed by atoms with van der Waals surface area (Å²) in [5.41, 5.74) is 4.72. The maximum absolute atomic E-state index is 6.47. The summed E-state index contributed by atoms with van der Waals surface area (Å²) < 4.78 is 12.9. The molecule has 0 aliphatic heterocycles. The van der Waals surface area contributed by atoms with Crippen molar-refractivity contribution in [3.8, 4) is 22.9 Å². The van der Waals surface area contributed by atoms with E-state index in [9.17, 15) is 0 Å². The van der Waals surface area contributed by atoms with Crippen LogP contribution >= 0.6 is 0 Å². The summed E-state index contributed by atoms with van der Waals surface area (Å²) in [5.74, 6) is 2.83. The Hall–Kier alpha value is -3.40. The van der Waals surface area contributed by atoms with Crippen molar-refractivity contribution in [2.75, 3.05) is 13.2 Å². The second kappa shape index (κ2) is 17.3. The fraction of sp³-hybridized carbons (Fsp3) is 0.444. The first-order chi connectivity index (χ1) is 19.6. The van der Waals surface area contributed by atoms with Gasteiger partial charge in [-0.15, -0.1) is 0 Å². The first-order valence-corrected chi connectivity index (χ1v) is 15.2. The normalized spacial score (nSPS) is 12.8. The molecule has 0 spiro atoms. The molecule has 1 aromatic carbocycles. The second-order valence-corrected chi connectivity index (χ2v) is 10.6. The Morgan fingerprint density at radius 1 is 0.750 bits per heavy atom. The van der Waals surface area contributed by atoms with E-state index in [0.29, 0.717) is 25.0 Å². The van der Waals surface area contributed by atoms with E-state index in [4.69, 9.17) is 9.47 Å². The largest absolute Gasteiger partial charge is 0.493 e. The van der Waals surface area contributed by atoms with Gasteiger partial charge < -0.3 is 9.47 Å². The molecule has 4 nitrogen and oxygen atoms in total. The molecule has 2 aromatic heterocycles. The molecule has 0 saturated heterocycles. The molecule has 0 saturated carbocycles. The van der Waals surface area contributed by atoms with Crippen molar-refractivity contribution in [2.45, 2.75) is 79.1 Å². The standard InChI is InChI=1S/C36H48N2O2/c1-6-11-15-28(8-3)26-39-35-24-32(36(23-31(35)10-5)40-27-29(9-4)16-12-7-2)20-18-30-19-21-34(38-25-30)33-17-13-14-22-37-33/h10,13-14,17-25,28-29H,5-9,11-12,15-16,26-27H2,1-4H3/b20-18+. The molecule has 3 rings (SSSR count). The zero-order valence-corrected chi connectivity index (χ0v) is 25.1. The highest BCUT2D eigenvalue weighted by atomic mass is 16.5. The number of benzene rings is 1. The topological polar surface area (TPSA) is 44.2 Å². The average molecular weight is 541 g/mol. The molecule has 0 aliphatic carbocycles. The van der Waals surface area contributed by atoms with E-state index < -0.39 is 0 Å². The van der Waals surface area contributed by atoms with Crippen LogP contribution in [0.5, 0.6) is 11.5 Å². The van der Waals surface area contributed by atoms with E-state index in [1.807, 2.05) is 36.5 Å². The number of aromatic nitrogens is 2. The maximum atomic E-state index is 6.47. The molecule has 0 bridgehead atoms. The number of hydrogen-bond acceptors (Lipinski definition) is 4. The summed E-state index contributed by atoms with van der Waals surface area (Å²) in [6.45, 7) is 14.5. The maximum Gasteiger partial charge on any atom is 0.127 e. The minimum Gasteiger partial charge on any atom is -0.493 e. The zero-order chi connectivity index (χ0) is 28.6. The zero-order valence-electron chi connectivity index (χ0n) is 25.1. The van der Waals surface area contributed by atoms with Crippen LogP contribution < -0.4 is 9.47 Å². The fourth-order valence-corrected chi connectivity index (χ4v) is 4.70. The number of unbranched alkanes of at least 4 members (excludes halogenated alkanes) is 2. The molecule has 0 radical (unpaired) electrons. The number of pyridine rings is 2. The van der Waals surface area contributed by atoms with Crippen LogP contribution in [-0.4, -0.2) is 23.2 Å². The smallest absolute Gasteiger partial charge is 0.127 e. The highest BCUT2D eigenvalue weighted by Crippen LogP contribution is 2.33. The van der Waals surface area contributed by atoms with Gasteiger partial charge in [0.05, 0.1) is 24.6 Å². The summed E-state index contributed by atoms with van der Waals surface area (Å²) in [5, 5.41) is 0. The number of ether oxygens (including phenoxy) is 2.